The second kappa shape index (κ2) is 9.38. The van der Waals surface area contributed by atoms with Gasteiger partial charge < -0.3 is 15.3 Å². The van der Waals surface area contributed by atoms with Crippen LogP contribution in [0.15, 0.2) is 79.4 Å². The number of anilines is 1. The molecule has 6 heteroatoms. The first-order valence-electron chi connectivity index (χ1n) is 11.2. The molecule has 1 aliphatic rings. The number of aliphatic hydroxyl groups excluding tert-OH is 1. The van der Waals surface area contributed by atoms with E-state index in [2.05, 4.69) is 33.5 Å². The lowest BCUT2D eigenvalue weighted by molar-refractivity contribution is 0.0718. The number of benzene rings is 2. The lowest BCUT2D eigenvalue weighted by atomic mass is 9.98. The summed E-state index contributed by atoms with van der Waals surface area (Å²) in [6.45, 7) is 1.44. The fourth-order valence-electron chi connectivity index (χ4n) is 4.45. The number of piperidine rings is 1. The van der Waals surface area contributed by atoms with E-state index in [0.717, 1.165) is 46.0 Å². The van der Waals surface area contributed by atoms with Crippen molar-refractivity contribution in [3.8, 4) is 11.1 Å². The maximum Gasteiger partial charge on any atom is 0.255 e. The number of pyridine rings is 2. The van der Waals surface area contributed by atoms with E-state index in [-0.39, 0.29) is 18.6 Å². The predicted octanol–water partition coefficient (Wildman–Crippen LogP) is 4.51. The standard InChI is InChI=1S/C27H26N4O2/c32-18-19-3-1-4-20(13-19)23-14-21-6-10-29-17-25(21)26(15-23)30-24-7-11-31(12-8-24)27(33)22-5-2-9-28-16-22/h1-6,9-10,13-17,24,30,32H,7-8,11-12,18H2. The first kappa shape index (κ1) is 21.1. The molecule has 5 rings (SSSR count). The zero-order valence-corrected chi connectivity index (χ0v) is 18.3. The number of amides is 1. The molecule has 0 spiro atoms. The van der Waals surface area contributed by atoms with Gasteiger partial charge in [-0.2, -0.15) is 0 Å². The fourth-order valence-corrected chi connectivity index (χ4v) is 4.45. The number of nitrogens with one attached hydrogen (secondary N) is 1. The van der Waals surface area contributed by atoms with E-state index >= 15 is 0 Å². The van der Waals surface area contributed by atoms with E-state index in [4.69, 9.17) is 0 Å². The van der Waals surface area contributed by atoms with Gasteiger partial charge in [0.2, 0.25) is 0 Å². The maximum absolute atomic E-state index is 12.7. The number of aliphatic hydroxyl groups is 1. The number of rotatable bonds is 5. The summed E-state index contributed by atoms with van der Waals surface area (Å²) in [6, 6.07) is 18.2. The Kier molecular flexibility index (Phi) is 6.00. The second-order valence-electron chi connectivity index (χ2n) is 8.43. The molecule has 1 amide bonds. The summed E-state index contributed by atoms with van der Waals surface area (Å²) < 4.78 is 0. The van der Waals surface area contributed by atoms with Gasteiger partial charge in [0.15, 0.2) is 0 Å². The van der Waals surface area contributed by atoms with E-state index < -0.39 is 0 Å². The quantitative estimate of drug-likeness (QED) is 0.480. The summed E-state index contributed by atoms with van der Waals surface area (Å²) in [4.78, 5) is 23.0. The Morgan fingerprint density at radius 2 is 1.82 bits per heavy atom. The second-order valence-corrected chi connectivity index (χ2v) is 8.43. The molecule has 2 aromatic carbocycles. The molecule has 4 aromatic rings. The van der Waals surface area contributed by atoms with Gasteiger partial charge in [-0.05, 0) is 71.3 Å². The number of nitrogens with zero attached hydrogens (tertiary/aromatic N) is 3. The van der Waals surface area contributed by atoms with Crippen LogP contribution in [0.3, 0.4) is 0 Å². The normalized spacial score (nSPS) is 14.4. The van der Waals surface area contributed by atoms with Crippen molar-refractivity contribution in [1.82, 2.24) is 14.9 Å². The zero-order chi connectivity index (χ0) is 22.6. The van der Waals surface area contributed by atoms with E-state index in [1.54, 1.807) is 18.5 Å². The zero-order valence-electron chi connectivity index (χ0n) is 18.3. The lowest BCUT2D eigenvalue weighted by Crippen LogP contribution is -2.42. The molecular formula is C27H26N4O2. The number of fused-ring (bicyclic) bond motifs is 1. The molecule has 0 unspecified atom stereocenters. The fraction of sp³-hybridized carbons (Fsp3) is 0.222. The van der Waals surface area contributed by atoms with Gasteiger partial charge in [-0.1, -0.05) is 18.2 Å². The molecule has 0 atom stereocenters. The molecule has 1 aliphatic heterocycles. The van der Waals surface area contributed by atoms with Crippen molar-refractivity contribution in [3.63, 3.8) is 0 Å². The average Bonchev–Trinajstić information content (AvgIpc) is 2.89. The third kappa shape index (κ3) is 4.56. The Hall–Kier alpha value is -3.77. The van der Waals surface area contributed by atoms with Gasteiger partial charge in [0, 0.05) is 55.0 Å². The minimum atomic E-state index is 0.0206. The molecule has 33 heavy (non-hydrogen) atoms. The maximum atomic E-state index is 12.7. The van der Waals surface area contributed by atoms with Gasteiger partial charge in [0.05, 0.1) is 12.2 Å². The van der Waals surface area contributed by atoms with Gasteiger partial charge in [0.25, 0.3) is 5.91 Å². The lowest BCUT2D eigenvalue weighted by Gasteiger charge is -2.33. The summed E-state index contributed by atoms with van der Waals surface area (Å²) >= 11 is 0. The highest BCUT2D eigenvalue weighted by atomic mass is 16.3. The van der Waals surface area contributed by atoms with Crippen LogP contribution in [-0.2, 0) is 6.61 Å². The molecule has 0 radical (unpaired) electrons. The minimum absolute atomic E-state index is 0.0206. The molecule has 1 fully saturated rings. The number of hydrogen-bond acceptors (Lipinski definition) is 5. The molecule has 166 valence electrons. The first-order valence-corrected chi connectivity index (χ1v) is 11.2. The summed E-state index contributed by atoms with van der Waals surface area (Å²) in [5, 5.41) is 15.4. The molecule has 0 bridgehead atoms. The van der Waals surface area contributed by atoms with Crippen LogP contribution in [0.4, 0.5) is 5.69 Å². The van der Waals surface area contributed by atoms with Gasteiger partial charge in [0.1, 0.15) is 0 Å². The highest BCUT2D eigenvalue weighted by Crippen LogP contribution is 2.32. The van der Waals surface area contributed by atoms with Crippen LogP contribution in [0.25, 0.3) is 21.9 Å². The molecule has 1 saturated heterocycles. The molecular weight excluding hydrogens is 412 g/mol. The van der Waals surface area contributed by atoms with Crippen molar-refractivity contribution in [2.24, 2.45) is 0 Å². The number of hydrogen-bond donors (Lipinski definition) is 2. The Labute approximate surface area is 192 Å². The summed E-state index contributed by atoms with van der Waals surface area (Å²) in [6.07, 6.45) is 8.76. The molecule has 3 heterocycles. The number of carbonyl (C=O) groups is 1. The number of aromatic nitrogens is 2. The van der Waals surface area contributed by atoms with Gasteiger partial charge in [-0.3, -0.25) is 14.8 Å². The van der Waals surface area contributed by atoms with E-state index in [1.807, 2.05) is 47.6 Å². The Bertz CT molecular complexity index is 1270. The Balaban J connectivity index is 1.36. The van der Waals surface area contributed by atoms with Crippen molar-refractivity contribution in [2.45, 2.75) is 25.5 Å². The van der Waals surface area contributed by atoms with Gasteiger partial charge in [-0.15, -0.1) is 0 Å². The van der Waals surface area contributed by atoms with E-state index in [1.165, 1.54) is 0 Å². The minimum Gasteiger partial charge on any atom is -0.392 e. The molecule has 6 nitrogen and oxygen atoms in total. The van der Waals surface area contributed by atoms with Crippen molar-refractivity contribution in [2.75, 3.05) is 18.4 Å². The molecule has 0 saturated carbocycles. The highest BCUT2D eigenvalue weighted by Gasteiger charge is 2.24. The number of likely N-dealkylation sites (tertiary alicyclic amines) is 1. The predicted molar refractivity (Wildman–Crippen MR) is 130 cm³/mol. The Morgan fingerprint density at radius 1 is 0.970 bits per heavy atom. The SMILES string of the molecule is O=C(c1cccnc1)N1CCC(Nc2cc(-c3cccc(CO)c3)cc3ccncc23)CC1. The van der Waals surface area contributed by atoms with Crippen molar-refractivity contribution >= 4 is 22.4 Å². The van der Waals surface area contributed by atoms with Crippen LogP contribution in [0.2, 0.25) is 0 Å². The topological polar surface area (TPSA) is 78.4 Å². The molecule has 2 N–H and O–H groups in total. The van der Waals surface area contributed by atoms with Crippen molar-refractivity contribution < 1.29 is 9.90 Å². The van der Waals surface area contributed by atoms with Gasteiger partial charge in [-0.25, -0.2) is 0 Å². The van der Waals surface area contributed by atoms with E-state index in [0.29, 0.717) is 18.7 Å². The van der Waals surface area contributed by atoms with Crippen LogP contribution in [-0.4, -0.2) is 45.0 Å². The highest BCUT2D eigenvalue weighted by molar-refractivity contribution is 5.97. The monoisotopic (exact) mass is 438 g/mol. The van der Waals surface area contributed by atoms with Crippen LogP contribution < -0.4 is 5.32 Å². The van der Waals surface area contributed by atoms with Crippen LogP contribution in [0.1, 0.15) is 28.8 Å². The summed E-state index contributed by atoms with van der Waals surface area (Å²) in [5.41, 5.74) is 4.74. The largest absolute Gasteiger partial charge is 0.392 e. The van der Waals surface area contributed by atoms with E-state index in [9.17, 15) is 9.90 Å². The van der Waals surface area contributed by atoms with Crippen LogP contribution in [0, 0.1) is 0 Å². The number of carbonyl (C=O) groups excluding carboxylic acids is 1. The van der Waals surface area contributed by atoms with Crippen LogP contribution in [0.5, 0.6) is 0 Å². The third-order valence-electron chi connectivity index (χ3n) is 6.25. The molecule has 0 aliphatic carbocycles. The van der Waals surface area contributed by atoms with Gasteiger partial charge >= 0.3 is 0 Å². The average molecular weight is 439 g/mol. The third-order valence-corrected chi connectivity index (χ3v) is 6.25. The van der Waals surface area contributed by atoms with Crippen molar-refractivity contribution in [3.05, 3.63) is 90.5 Å². The summed E-state index contributed by atoms with van der Waals surface area (Å²) in [7, 11) is 0. The molecule has 2 aromatic heterocycles. The van der Waals surface area contributed by atoms with Crippen LogP contribution >= 0.6 is 0 Å². The first-order chi connectivity index (χ1) is 16.2. The van der Waals surface area contributed by atoms with Crippen molar-refractivity contribution in [1.29, 1.82) is 0 Å². The smallest absolute Gasteiger partial charge is 0.255 e. The summed E-state index contributed by atoms with van der Waals surface area (Å²) in [5.74, 6) is 0.0435. The Morgan fingerprint density at radius 3 is 2.61 bits per heavy atom.